The van der Waals surface area contributed by atoms with Gasteiger partial charge in [-0.05, 0) is 74.6 Å². The number of nitrogens with zero attached hydrogens (tertiary/aromatic N) is 1. The first kappa shape index (κ1) is 29.5. The highest BCUT2D eigenvalue weighted by Gasteiger charge is 2.33. The molecule has 1 fully saturated rings. The van der Waals surface area contributed by atoms with E-state index in [0.29, 0.717) is 6.61 Å². The van der Waals surface area contributed by atoms with E-state index in [0.717, 1.165) is 30.1 Å². The summed E-state index contributed by atoms with van der Waals surface area (Å²) in [6, 6.07) is 24.7. The summed E-state index contributed by atoms with van der Waals surface area (Å²) in [4.78, 5) is 2.64. The Kier molecular flexibility index (Phi) is 11.4. The van der Waals surface area contributed by atoms with Gasteiger partial charge >= 0.3 is 0 Å². The van der Waals surface area contributed by atoms with Gasteiger partial charge in [0.05, 0.1) is 13.2 Å². The number of benzene rings is 3. The number of rotatable bonds is 16. The van der Waals surface area contributed by atoms with Crippen LogP contribution in [0.4, 0.5) is 0 Å². The molecule has 4 heteroatoms. The molecule has 41 heavy (non-hydrogen) atoms. The highest BCUT2D eigenvalue weighted by atomic mass is 16.5. The van der Waals surface area contributed by atoms with Crippen LogP contribution in [-0.4, -0.2) is 42.9 Å². The number of hydrogen-bond acceptors (Lipinski definition) is 4. The summed E-state index contributed by atoms with van der Waals surface area (Å²) in [5.41, 5.74) is 3.63. The third-order valence-electron chi connectivity index (χ3n) is 8.96. The minimum atomic E-state index is 0.158. The molecule has 2 aliphatic rings. The predicted octanol–water partition coefficient (Wildman–Crippen LogP) is 9.08. The van der Waals surface area contributed by atoms with Crippen LogP contribution in [-0.2, 0) is 0 Å². The van der Waals surface area contributed by atoms with Crippen molar-refractivity contribution in [1.29, 1.82) is 0 Å². The predicted molar refractivity (Wildman–Crippen MR) is 168 cm³/mol. The summed E-state index contributed by atoms with van der Waals surface area (Å²) in [6.07, 6.45) is 16.3. The number of aromatic hydroxyl groups is 1. The van der Waals surface area contributed by atoms with Crippen LogP contribution in [0.2, 0.25) is 0 Å². The van der Waals surface area contributed by atoms with Crippen molar-refractivity contribution in [1.82, 2.24) is 4.90 Å². The number of likely N-dealkylation sites (tertiary alicyclic amines) is 1. The van der Waals surface area contributed by atoms with Gasteiger partial charge in [-0.1, -0.05) is 99.9 Å². The lowest BCUT2D eigenvalue weighted by molar-refractivity contribution is 0.247. The van der Waals surface area contributed by atoms with Crippen molar-refractivity contribution >= 4 is 0 Å². The lowest BCUT2D eigenvalue weighted by Crippen LogP contribution is -2.25. The van der Waals surface area contributed by atoms with E-state index in [1.54, 1.807) is 12.1 Å². The van der Waals surface area contributed by atoms with Crippen molar-refractivity contribution in [2.75, 3.05) is 32.8 Å². The van der Waals surface area contributed by atoms with E-state index in [4.69, 9.17) is 9.47 Å². The molecule has 5 rings (SSSR count). The maximum absolute atomic E-state index is 10.0. The zero-order valence-corrected chi connectivity index (χ0v) is 24.8. The van der Waals surface area contributed by atoms with Gasteiger partial charge in [0.25, 0.3) is 0 Å². The number of ether oxygens (including phenoxy) is 2. The Morgan fingerprint density at radius 3 is 2.07 bits per heavy atom. The molecule has 0 aliphatic carbocycles. The quantitative estimate of drug-likeness (QED) is 0.179. The average molecular weight is 556 g/mol. The smallest absolute Gasteiger partial charge is 0.126 e. The van der Waals surface area contributed by atoms with E-state index in [9.17, 15) is 5.11 Å². The molecule has 4 nitrogen and oxygen atoms in total. The van der Waals surface area contributed by atoms with Crippen LogP contribution in [0.5, 0.6) is 17.2 Å². The molecule has 3 aromatic rings. The molecular formula is C37H49NO3. The second-order valence-corrected chi connectivity index (χ2v) is 12.0. The van der Waals surface area contributed by atoms with Crippen molar-refractivity contribution in [3.05, 3.63) is 89.5 Å². The molecule has 3 aromatic carbocycles. The van der Waals surface area contributed by atoms with Crippen LogP contribution in [0.15, 0.2) is 72.8 Å². The lowest BCUT2D eigenvalue weighted by atomic mass is 9.76. The van der Waals surface area contributed by atoms with Crippen LogP contribution < -0.4 is 9.47 Å². The van der Waals surface area contributed by atoms with Crippen LogP contribution in [0, 0.1) is 0 Å². The molecule has 2 unspecified atom stereocenters. The van der Waals surface area contributed by atoms with E-state index >= 15 is 0 Å². The molecule has 220 valence electrons. The monoisotopic (exact) mass is 555 g/mol. The molecular weight excluding hydrogens is 506 g/mol. The number of fused-ring (bicyclic) bond motifs is 1. The van der Waals surface area contributed by atoms with E-state index in [2.05, 4.69) is 59.5 Å². The summed E-state index contributed by atoms with van der Waals surface area (Å²) >= 11 is 0. The van der Waals surface area contributed by atoms with Crippen LogP contribution in [0.25, 0.3) is 0 Å². The fourth-order valence-corrected chi connectivity index (χ4v) is 6.62. The Morgan fingerprint density at radius 2 is 1.37 bits per heavy atom. The van der Waals surface area contributed by atoms with Gasteiger partial charge < -0.3 is 19.5 Å². The minimum Gasteiger partial charge on any atom is -0.508 e. The third kappa shape index (κ3) is 8.75. The Hall–Kier alpha value is -2.98. The molecule has 2 heterocycles. The standard InChI is InChI=1S/C37H49NO3/c39-32-20-23-34-36(28-32)41-29-35(30-16-10-9-11-17-30)37(34)31-18-21-33(22-19-31)40-27-15-8-6-4-2-1-3-5-7-12-24-38-25-13-14-26-38/h9-11,16-23,28,35,37,39H,1-8,12-15,24-27,29H2. The summed E-state index contributed by atoms with van der Waals surface area (Å²) in [6.45, 7) is 5.38. The Morgan fingerprint density at radius 1 is 0.707 bits per heavy atom. The topological polar surface area (TPSA) is 41.9 Å². The first-order chi connectivity index (χ1) is 20.3. The lowest BCUT2D eigenvalue weighted by Gasteiger charge is -2.34. The van der Waals surface area contributed by atoms with Gasteiger partial charge in [-0.3, -0.25) is 0 Å². The minimum absolute atomic E-state index is 0.158. The normalized spacial score (nSPS) is 18.6. The van der Waals surface area contributed by atoms with Gasteiger partial charge in [0.15, 0.2) is 0 Å². The second-order valence-electron chi connectivity index (χ2n) is 12.0. The summed E-state index contributed by atoms with van der Waals surface area (Å²) < 4.78 is 12.2. The SMILES string of the molecule is Oc1ccc2c(c1)OCC(c1ccccc1)C2c1ccc(OCCCCCCCCCCCCN2CCCC2)cc1. The largest absolute Gasteiger partial charge is 0.508 e. The third-order valence-corrected chi connectivity index (χ3v) is 8.96. The van der Waals surface area contributed by atoms with Crippen LogP contribution in [0.3, 0.4) is 0 Å². The maximum atomic E-state index is 10.0. The number of unbranched alkanes of at least 4 members (excludes halogenated alkanes) is 9. The van der Waals surface area contributed by atoms with Gasteiger partial charge in [0.1, 0.15) is 17.2 Å². The molecule has 0 bridgehead atoms. The number of phenolic OH excluding ortho intramolecular Hbond substituents is 1. The number of hydrogen-bond donors (Lipinski definition) is 1. The van der Waals surface area contributed by atoms with Gasteiger partial charge in [-0.25, -0.2) is 0 Å². The van der Waals surface area contributed by atoms with Gasteiger partial charge in [0.2, 0.25) is 0 Å². The Bertz CT molecular complexity index is 1160. The Labute approximate surface area is 247 Å². The molecule has 0 spiro atoms. The van der Waals surface area contributed by atoms with Crippen molar-refractivity contribution in [3.63, 3.8) is 0 Å². The zero-order chi connectivity index (χ0) is 28.1. The highest BCUT2D eigenvalue weighted by Crippen LogP contribution is 2.47. The van der Waals surface area contributed by atoms with Crippen molar-refractivity contribution in [2.24, 2.45) is 0 Å². The molecule has 0 amide bonds. The fourth-order valence-electron chi connectivity index (χ4n) is 6.62. The first-order valence-electron chi connectivity index (χ1n) is 16.2. The summed E-state index contributed by atoms with van der Waals surface area (Å²) in [5, 5.41) is 10.0. The van der Waals surface area contributed by atoms with Crippen molar-refractivity contribution in [3.8, 4) is 17.2 Å². The fraction of sp³-hybridized carbons (Fsp3) is 0.514. The summed E-state index contributed by atoms with van der Waals surface area (Å²) in [5.74, 6) is 2.32. The molecule has 0 aromatic heterocycles. The van der Waals surface area contributed by atoms with Crippen LogP contribution >= 0.6 is 0 Å². The molecule has 0 radical (unpaired) electrons. The van der Waals surface area contributed by atoms with E-state index in [-0.39, 0.29) is 17.6 Å². The average Bonchev–Trinajstić information content (AvgIpc) is 3.53. The molecule has 0 saturated carbocycles. The van der Waals surface area contributed by atoms with Crippen LogP contribution in [0.1, 0.15) is 106 Å². The molecule has 2 aliphatic heterocycles. The van der Waals surface area contributed by atoms with E-state index in [1.165, 1.54) is 101 Å². The van der Waals surface area contributed by atoms with Crippen molar-refractivity contribution in [2.45, 2.75) is 88.9 Å². The molecule has 2 atom stereocenters. The van der Waals surface area contributed by atoms with Gasteiger partial charge in [-0.2, -0.15) is 0 Å². The summed E-state index contributed by atoms with van der Waals surface area (Å²) in [7, 11) is 0. The van der Waals surface area contributed by atoms with Gasteiger partial charge in [-0.15, -0.1) is 0 Å². The first-order valence-corrected chi connectivity index (χ1v) is 16.2. The van der Waals surface area contributed by atoms with Crippen molar-refractivity contribution < 1.29 is 14.6 Å². The van der Waals surface area contributed by atoms with E-state index in [1.807, 2.05) is 6.07 Å². The number of phenols is 1. The zero-order valence-electron chi connectivity index (χ0n) is 24.8. The second kappa shape index (κ2) is 15.9. The van der Waals surface area contributed by atoms with E-state index < -0.39 is 0 Å². The molecule has 1 N–H and O–H groups in total. The van der Waals surface area contributed by atoms with Gasteiger partial charge in [0, 0.05) is 23.5 Å². The maximum Gasteiger partial charge on any atom is 0.126 e. The highest BCUT2D eigenvalue weighted by molar-refractivity contribution is 5.50. The molecule has 1 saturated heterocycles. The Balaban J connectivity index is 1.00.